The Bertz CT molecular complexity index is 454. The highest BCUT2D eigenvalue weighted by molar-refractivity contribution is 5.43. The fourth-order valence-corrected chi connectivity index (χ4v) is 2.92. The van der Waals surface area contributed by atoms with Gasteiger partial charge in [0.15, 0.2) is 0 Å². The SMILES string of the molecule is COc1cc(C)cc(C)c1CNC1CNC(C)(C)C1. The maximum Gasteiger partial charge on any atom is 0.123 e. The molecule has 0 aliphatic carbocycles. The van der Waals surface area contributed by atoms with E-state index < -0.39 is 0 Å². The lowest BCUT2D eigenvalue weighted by atomic mass is 10.0. The van der Waals surface area contributed by atoms with Crippen LogP contribution in [0.1, 0.15) is 37.0 Å². The van der Waals surface area contributed by atoms with Gasteiger partial charge in [0.2, 0.25) is 0 Å². The summed E-state index contributed by atoms with van der Waals surface area (Å²) in [6, 6.07) is 4.87. The van der Waals surface area contributed by atoms with Crippen molar-refractivity contribution in [2.75, 3.05) is 13.7 Å². The first kappa shape index (κ1) is 14.4. The summed E-state index contributed by atoms with van der Waals surface area (Å²) < 4.78 is 5.51. The highest BCUT2D eigenvalue weighted by atomic mass is 16.5. The molecule has 0 spiro atoms. The van der Waals surface area contributed by atoms with Crippen molar-refractivity contribution in [1.82, 2.24) is 10.6 Å². The van der Waals surface area contributed by atoms with E-state index in [2.05, 4.69) is 50.5 Å². The Morgan fingerprint density at radius 3 is 2.68 bits per heavy atom. The molecule has 0 radical (unpaired) electrons. The predicted octanol–water partition coefficient (Wildman–Crippen LogP) is 2.54. The lowest BCUT2D eigenvalue weighted by Gasteiger charge is -2.19. The van der Waals surface area contributed by atoms with Crippen LogP contribution >= 0.6 is 0 Å². The first-order valence-electron chi connectivity index (χ1n) is 7.04. The molecule has 1 fully saturated rings. The number of benzene rings is 1. The van der Waals surface area contributed by atoms with Gasteiger partial charge in [-0.05, 0) is 51.3 Å². The van der Waals surface area contributed by atoms with Crippen molar-refractivity contribution in [3.63, 3.8) is 0 Å². The standard InChI is InChI=1S/C16H26N2O/c1-11-6-12(2)14(15(7-11)19-5)10-17-13-8-16(3,4)18-9-13/h6-7,13,17-18H,8-10H2,1-5H3. The van der Waals surface area contributed by atoms with Crippen LogP contribution < -0.4 is 15.4 Å². The van der Waals surface area contributed by atoms with Gasteiger partial charge in [0, 0.05) is 30.2 Å². The van der Waals surface area contributed by atoms with Crippen molar-refractivity contribution in [2.45, 2.75) is 52.2 Å². The molecule has 0 aromatic heterocycles. The van der Waals surface area contributed by atoms with Gasteiger partial charge in [-0.3, -0.25) is 0 Å². The predicted molar refractivity (Wildman–Crippen MR) is 79.8 cm³/mol. The Morgan fingerprint density at radius 2 is 2.11 bits per heavy atom. The van der Waals surface area contributed by atoms with Gasteiger partial charge in [0.05, 0.1) is 7.11 Å². The third-order valence-electron chi connectivity index (χ3n) is 3.95. The third-order valence-corrected chi connectivity index (χ3v) is 3.95. The topological polar surface area (TPSA) is 33.3 Å². The van der Waals surface area contributed by atoms with E-state index in [9.17, 15) is 0 Å². The Kier molecular flexibility index (Phi) is 4.16. The van der Waals surface area contributed by atoms with Crippen LogP contribution in [0, 0.1) is 13.8 Å². The van der Waals surface area contributed by atoms with E-state index in [1.165, 1.54) is 23.1 Å². The average molecular weight is 262 g/mol. The van der Waals surface area contributed by atoms with Gasteiger partial charge in [-0.25, -0.2) is 0 Å². The van der Waals surface area contributed by atoms with E-state index >= 15 is 0 Å². The molecule has 0 bridgehead atoms. The zero-order chi connectivity index (χ0) is 14.0. The number of ether oxygens (including phenoxy) is 1. The maximum absolute atomic E-state index is 5.51. The molecule has 1 aliphatic rings. The first-order chi connectivity index (χ1) is 8.91. The molecule has 0 saturated carbocycles. The number of nitrogens with one attached hydrogen (secondary N) is 2. The lowest BCUT2D eigenvalue weighted by molar-refractivity contribution is 0.403. The summed E-state index contributed by atoms with van der Waals surface area (Å²) in [4.78, 5) is 0. The van der Waals surface area contributed by atoms with Crippen molar-refractivity contribution in [1.29, 1.82) is 0 Å². The van der Waals surface area contributed by atoms with Gasteiger partial charge in [-0.2, -0.15) is 0 Å². The number of hydrogen-bond acceptors (Lipinski definition) is 3. The normalized spacial score (nSPS) is 21.6. The zero-order valence-corrected chi connectivity index (χ0v) is 12.8. The molecule has 1 aliphatic heterocycles. The van der Waals surface area contributed by atoms with E-state index in [1.54, 1.807) is 7.11 Å². The van der Waals surface area contributed by atoms with Crippen LogP contribution in [-0.4, -0.2) is 25.2 Å². The molecule has 3 nitrogen and oxygen atoms in total. The van der Waals surface area contributed by atoms with Gasteiger partial charge in [-0.15, -0.1) is 0 Å². The Labute approximate surface area is 116 Å². The van der Waals surface area contributed by atoms with Gasteiger partial charge >= 0.3 is 0 Å². The molecule has 106 valence electrons. The number of rotatable bonds is 4. The van der Waals surface area contributed by atoms with Gasteiger partial charge < -0.3 is 15.4 Å². The monoisotopic (exact) mass is 262 g/mol. The largest absolute Gasteiger partial charge is 0.496 e. The second kappa shape index (κ2) is 5.51. The van der Waals surface area contributed by atoms with Crippen LogP contribution in [0.5, 0.6) is 5.75 Å². The fraction of sp³-hybridized carbons (Fsp3) is 0.625. The third kappa shape index (κ3) is 3.48. The lowest BCUT2D eigenvalue weighted by Crippen LogP contribution is -2.31. The summed E-state index contributed by atoms with van der Waals surface area (Å²) in [5.41, 5.74) is 4.08. The highest BCUT2D eigenvalue weighted by Crippen LogP contribution is 2.25. The summed E-state index contributed by atoms with van der Waals surface area (Å²) in [6.45, 7) is 10.7. The molecule has 3 heteroatoms. The van der Waals surface area contributed by atoms with Crippen LogP contribution in [0.2, 0.25) is 0 Å². The minimum atomic E-state index is 0.254. The van der Waals surface area contributed by atoms with E-state index in [4.69, 9.17) is 4.74 Å². The number of methoxy groups -OCH3 is 1. The van der Waals surface area contributed by atoms with Crippen molar-refractivity contribution in [3.8, 4) is 5.75 Å². The maximum atomic E-state index is 5.51. The molecule has 0 amide bonds. The van der Waals surface area contributed by atoms with E-state index in [0.717, 1.165) is 18.8 Å². The fourth-order valence-electron chi connectivity index (χ4n) is 2.92. The Balaban J connectivity index is 2.04. The smallest absolute Gasteiger partial charge is 0.123 e. The average Bonchev–Trinajstić information content (AvgIpc) is 2.67. The molecule has 19 heavy (non-hydrogen) atoms. The van der Waals surface area contributed by atoms with Crippen LogP contribution in [0.3, 0.4) is 0 Å². The minimum absolute atomic E-state index is 0.254. The van der Waals surface area contributed by atoms with Gasteiger partial charge in [0.25, 0.3) is 0 Å². The van der Waals surface area contributed by atoms with Crippen molar-refractivity contribution in [3.05, 3.63) is 28.8 Å². The summed E-state index contributed by atoms with van der Waals surface area (Å²) in [6.07, 6.45) is 1.17. The van der Waals surface area contributed by atoms with Crippen LogP contribution in [0.15, 0.2) is 12.1 Å². The molecule has 2 N–H and O–H groups in total. The molecule has 2 rings (SSSR count). The van der Waals surface area contributed by atoms with Gasteiger partial charge in [0.1, 0.15) is 5.75 Å². The molecular weight excluding hydrogens is 236 g/mol. The van der Waals surface area contributed by atoms with Crippen LogP contribution in [-0.2, 0) is 6.54 Å². The van der Waals surface area contributed by atoms with Crippen LogP contribution in [0.4, 0.5) is 0 Å². The van der Waals surface area contributed by atoms with Crippen LogP contribution in [0.25, 0.3) is 0 Å². The second-order valence-corrected chi connectivity index (χ2v) is 6.31. The van der Waals surface area contributed by atoms with Crippen molar-refractivity contribution < 1.29 is 4.74 Å². The number of aryl methyl sites for hydroxylation is 2. The van der Waals surface area contributed by atoms with E-state index in [-0.39, 0.29) is 5.54 Å². The molecular formula is C16H26N2O. The van der Waals surface area contributed by atoms with E-state index in [0.29, 0.717) is 6.04 Å². The zero-order valence-electron chi connectivity index (χ0n) is 12.8. The highest BCUT2D eigenvalue weighted by Gasteiger charge is 2.29. The first-order valence-corrected chi connectivity index (χ1v) is 7.04. The van der Waals surface area contributed by atoms with Crippen molar-refractivity contribution in [2.24, 2.45) is 0 Å². The summed E-state index contributed by atoms with van der Waals surface area (Å²) in [5, 5.41) is 7.19. The summed E-state index contributed by atoms with van der Waals surface area (Å²) >= 11 is 0. The molecule has 1 heterocycles. The Morgan fingerprint density at radius 1 is 1.37 bits per heavy atom. The molecule has 1 atom stereocenters. The molecule has 1 aromatic rings. The molecule has 1 aromatic carbocycles. The quantitative estimate of drug-likeness (QED) is 0.875. The molecule has 1 unspecified atom stereocenters. The Hall–Kier alpha value is -1.06. The second-order valence-electron chi connectivity index (χ2n) is 6.31. The summed E-state index contributed by atoms with van der Waals surface area (Å²) in [7, 11) is 1.75. The number of hydrogen-bond donors (Lipinski definition) is 2. The van der Waals surface area contributed by atoms with Crippen molar-refractivity contribution >= 4 is 0 Å². The van der Waals surface area contributed by atoms with Gasteiger partial charge in [-0.1, -0.05) is 6.07 Å². The van der Waals surface area contributed by atoms with E-state index in [1.807, 2.05) is 0 Å². The summed E-state index contributed by atoms with van der Waals surface area (Å²) in [5.74, 6) is 0.996. The minimum Gasteiger partial charge on any atom is -0.496 e. The molecule has 1 saturated heterocycles.